The Morgan fingerprint density at radius 3 is 2.28 bits per heavy atom. The van der Waals surface area contributed by atoms with Gasteiger partial charge in [0.1, 0.15) is 5.75 Å². The number of hydrogen-bond donors (Lipinski definition) is 0. The Morgan fingerprint density at radius 2 is 1.67 bits per heavy atom. The normalized spacial score (nSPS) is 14.8. The molecule has 3 heteroatoms. The fourth-order valence-corrected chi connectivity index (χ4v) is 1.51. The van der Waals surface area contributed by atoms with E-state index >= 15 is 0 Å². The molecule has 0 N–H and O–H groups in total. The largest absolute Gasteiger partial charge is 0.466 e. The number of hydrogen-bond acceptors (Lipinski definition) is 3. The number of aliphatic imine (C=N–C) groups is 1. The minimum absolute atomic E-state index is 0.408. The van der Waals surface area contributed by atoms with E-state index in [0.29, 0.717) is 0 Å². The van der Waals surface area contributed by atoms with Crippen LogP contribution < -0.4 is 4.74 Å². The topological polar surface area (TPSA) is 34.5 Å². The van der Waals surface area contributed by atoms with Gasteiger partial charge in [0, 0.05) is 24.2 Å². The van der Waals surface area contributed by atoms with E-state index < -0.39 is 5.72 Å². The highest BCUT2D eigenvalue weighted by molar-refractivity contribution is 5.84. The minimum Gasteiger partial charge on any atom is -0.466 e. The van der Waals surface area contributed by atoms with Crippen molar-refractivity contribution >= 4 is 6.21 Å². The highest BCUT2D eigenvalue weighted by Crippen LogP contribution is 2.26. The summed E-state index contributed by atoms with van der Waals surface area (Å²) in [6.45, 7) is 3.89. The van der Waals surface area contributed by atoms with Gasteiger partial charge in [0.15, 0.2) is 5.72 Å². The quantitative estimate of drug-likeness (QED) is 0.708. The zero-order chi connectivity index (χ0) is 12.8. The highest BCUT2D eigenvalue weighted by atomic mass is 16.5. The van der Waals surface area contributed by atoms with Crippen molar-refractivity contribution in [1.29, 1.82) is 0 Å². The lowest BCUT2D eigenvalue weighted by molar-refractivity contribution is 0.116. The molecule has 0 bridgehead atoms. The molecule has 0 fully saturated rings. The van der Waals surface area contributed by atoms with Gasteiger partial charge in [0.2, 0.25) is 0 Å². The summed E-state index contributed by atoms with van der Waals surface area (Å²) in [7, 11) is 0. The molecule has 2 aromatic rings. The zero-order valence-corrected chi connectivity index (χ0v) is 10.6. The number of aromatic nitrogens is 1. The monoisotopic (exact) mass is 240 g/mol. The molecule has 2 heterocycles. The third kappa shape index (κ3) is 3.42. The highest BCUT2D eigenvalue weighted by Gasteiger charge is 2.21. The summed E-state index contributed by atoms with van der Waals surface area (Å²) in [6.07, 6.45) is 5.36. The van der Waals surface area contributed by atoms with Crippen molar-refractivity contribution in [3.05, 3.63) is 60.4 Å². The smallest absolute Gasteiger partial charge is 0.194 e. The second-order valence-electron chi connectivity index (χ2n) is 4.37. The van der Waals surface area contributed by atoms with Gasteiger partial charge in [-0.1, -0.05) is 18.2 Å². The molecule has 0 amide bonds. The maximum Gasteiger partial charge on any atom is 0.194 e. The Kier molecular flexibility index (Phi) is 3.72. The molecular formula is C15H16N2O. The Labute approximate surface area is 107 Å². The molecule has 3 nitrogen and oxygen atoms in total. The third-order valence-corrected chi connectivity index (χ3v) is 2.36. The van der Waals surface area contributed by atoms with Crippen LogP contribution in [0.15, 0.2) is 59.9 Å². The van der Waals surface area contributed by atoms with Gasteiger partial charge in [-0.05, 0) is 38.1 Å². The summed E-state index contributed by atoms with van der Waals surface area (Å²) in [5.41, 5.74) is 0.644. The molecule has 1 aliphatic rings. The van der Waals surface area contributed by atoms with Gasteiger partial charge in [-0.25, -0.2) is 4.99 Å². The van der Waals surface area contributed by atoms with Crippen molar-refractivity contribution in [2.45, 2.75) is 19.6 Å². The third-order valence-electron chi connectivity index (χ3n) is 2.36. The molecule has 92 valence electrons. The van der Waals surface area contributed by atoms with Gasteiger partial charge >= 0.3 is 0 Å². The molecule has 18 heavy (non-hydrogen) atoms. The molecule has 3 rings (SSSR count). The van der Waals surface area contributed by atoms with Crippen LogP contribution in [-0.2, 0) is 0 Å². The molecular weight excluding hydrogens is 224 g/mol. The van der Waals surface area contributed by atoms with Crippen LogP contribution in [0.3, 0.4) is 0 Å². The van der Waals surface area contributed by atoms with Gasteiger partial charge in [-0.2, -0.15) is 0 Å². The Bertz CT molecular complexity index is 494. The summed E-state index contributed by atoms with van der Waals surface area (Å²) in [5.74, 6) is 0.914. The van der Waals surface area contributed by atoms with Crippen molar-refractivity contribution < 1.29 is 4.74 Å². The van der Waals surface area contributed by atoms with E-state index in [4.69, 9.17) is 4.74 Å². The average molecular weight is 240 g/mol. The molecule has 0 saturated carbocycles. The maximum absolute atomic E-state index is 5.62. The molecule has 0 saturated heterocycles. The summed E-state index contributed by atoms with van der Waals surface area (Å²) >= 11 is 0. The van der Waals surface area contributed by atoms with Crippen molar-refractivity contribution in [1.82, 2.24) is 4.98 Å². The van der Waals surface area contributed by atoms with Gasteiger partial charge in [-0.3, -0.25) is 4.98 Å². The lowest BCUT2D eigenvalue weighted by Crippen LogP contribution is -2.28. The van der Waals surface area contributed by atoms with Gasteiger partial charge in [-0.15, -0.1) is 0 Å². The Morgan fingerprint density at radius 1 is 0.944 bits per heavy atom. The number of nitrogens with zero attached hydrogens (tertiary/aromatic N) is 2. The Balaban J connectivity index is 0.000000169. The second kappa shape index (κ2) is 5.45. The molecule has 0 spiro atoms. The van der Waals surface area contributed by atoms with Gasteiger partial charge < -0.3 is 4.74 Å². The van der Waals surface area contributed by atoms with E-state index in [2.05, 4.69) is 9.98 Å². The van der Waals surface area contributed by atoms with Crippen LogP contribution in [0, 0.1) is 0 Å². The Hall–Kier alpha value is -2.16. The summed E-state index contributed by atoms with van der Waals surface area (Å²) in [4.78, 5) is 8.04. The summed E-state index contributed by atoms with van der Waals surface area (Å²) < 4.78 is 5.62. The standard InChI is InChI=1S/C10H11NO.C5H5N/c1-10(2)11-7-8-5-3-4-6-9(8)12-10;1-2-4-6-5-3-1/h3-7H,1-2H3;1-5H. The summed E-state index contributed by atoms with van der Waals surface area (Å²) in [5, 5.41) is 0. The molecule has 0 radical (unpaired) electrons. The zero-order valence-electron chi connectivity index (χ0n) is 10.6. The van der Waals surface area contributed by atoms with Crippen LogP contribution >= 0.6 is 0 Å². The van der Waals surface area contributed by atoms with E-state index in [9.17, 15) is 0 Å². The van der Waals surface area contributed by atoms with Crippen LogP contribution in [-0.4, -0.2) is 16.9 Å². The predicted octanol–water partition coefficient (Wildman–Crippen LogP) is 3.32. The first kappa shape index (κ1) is 12.3. The van der Waals surface area contributed by atoms with Crippen LogP contribution in [0.4, 0.5) is 0 Å². The van der Waals surface area contributed by atoms with Gasteiger partial charge in [0.25, 0.3) is 0 Å². The SMILES string of the molecule is CC1(C)N=Cc2ccccc2O1.c1ccncc1. The van der Waals surface area contributed by atoms with E-state index in [1.54, 1.807) is 12.4 Å². The second-order valence-corrected chi connectivity index (χ2v) is 4.37. The van der Waals surface area contributed by atoms with Crippen molar-refractivity contribution in [2.75, 3.05) is 0 Å². The first-order valence-electron chi connectivity index (χ1n) is 5.86. The van der Waals surface area contributed by atoms with Crippen LogP contribution in [0.5, 0.6) is 5.75 Å². The fraction of sp³-hybridized carbons (Fsp3) is 0.200. The lowest BCUT2D eigenvalue weighted by Gasteiger charge is -2.26. The van der Waals surface area contributed by atoms with Crippen molar-refractivity contribution in [3.8, 4) is 5.75 Å². The average Bonchev–Trinajstić information content (AvgIpc) is 2.40. The number of para-hydroxylation sites is 1. The maximum atomic E-state index is 5.62. The van der Waals surface area contributed by atoms with Crippen LogP contribution in [0.25, 0.3) is 0 Å². The number of fused-ring (bicyclic) bond motifs is 1. The van der Waals surface area contributed by atoms with E-state index in [1.807, 2.05) is 62.5 Å². The molecule has 1 aromatic carbocycles. The van der Waals surface area contributed by atoms with E-state index in [0.717, 1.165) is 11.3 Å². The van der Waals surface area contributed by atoms with E-state index in [-0.39, 0.29) is 0 Å². The van der Waals surface area contributed by atoms with Crippen LogP contribution in [0.2, 0.25) is 0 Å². The number of rotatable bonds is 0. The van der Waals surface area contributed by atoms with Crippen molar-refractivity contribution in [2.24, 2.45) is 4.99 Å². The van der Waals surface area contributed by atoms with Crippen LogP contribution in [0.1, 0.15) is 19.4 Å². The predicted molar refractivity (Wildman–Crippen MR) is 73.0 cm³/mol. The molecule has 1 aromatic heterocycles. The lowest BCUT2D eigenvalue weighted by atomic mass is 10.1. The summed E-state index contributed by atoms with van der Waals surface area (Å²) in [6, 6.07) is 13.6. The fourth-order valence-electron chi connectivity index (χ4n) is 1.51. The number of benzene rings is 1. The molecule has 0 unspecified atom stereocenters. The minimum atomic E-state index is -0.408. The number of pyridine rings is 1. The first-order chi connectivity index (χ1) is 8.67. The van der Waals surface area contributed by atoms with Gasteiger partial charge in [0.05, 0.1) is 0 Å². The molecule has 1 aliphatic heterocycles. The first-order valence-corrected chi connectivity index (χ1v) is 5.86. The number of ether oxygens (including phenoxy) is 1. The molecule has 0 aliphatic carbocycles. The van der Waals surface area contributed by atoms with Crippen molar-refractivity contribution in [3.63, 3.8) is 0 Å². The van der Waals surface area contributed by atoms with E-state index in [1.165, 1.54) is 0 Å². The molecule has 0 atom stereocenters.